The molecule has 2 aromatic rings. The molecule has 0 radical (unpaired) electrons. The van der Waals surface area contributed by atoms with Gasteiger partial charge in [-0.05, 0) is 42.7 Å². The van der Waals surface area contributed by atoms with Crippen LogP contribution in [0.1, 0.15) is 22.3 Å². The van der Waals surface area contributed by atoms with E-state index in [-0.39, 0.29) is 0 Å². The van der Waals surface area contributed by atoms with Crippen molar-refractivity contribution in [1.29, 1.82) is 5.26 Å². The Labute approximate surface area is 113 Å². The fourth-order valence-electron chi connectivity index (χ4n) is 1.98. The summed E-state index contributed by atoms with van der Waals surface area (Å²) in [5, 5.41) is 9.36. The van der Waals surface area contributed by atoms with E-state index in [4.69, 9.17) is 5.73 Å². The van der Waals surface area contributed by atoms with Crippen LogP contribution in [0.3, 0.4) is 0 Å². The Bertz CT molecular complexity index is 664. The first kappa shape index (κ1) is 12.8. The van der Waals surface area contributed by atoms with Crippen molar-refractivity contribution in [1.82, 2.24) is 4.98 Å². The predicted molar refractivity (Wildman–Crippen MR) is 76.8 cm³/mol. The summed E-state index contributed by atoms with van der Waals surface area (Å²) >= 11 is 0. The van der Waals surface area contributed by atoms with E-state index in [1.807, 2.05) is 32.0 Å². The van der Waals surface area contributed by atoms with Gasteiger partial charge in [0.25, 0.3) is 0 Å². The van der Waals surface area contributed by atoms with Gasteiger partial charge in [-0.1, -0.05) is 18.2 Å². The summed E-state index contributed by atoms with van der Waals surface area (Å²) in [4.78, 5) is 3.95. The van der Waals surface area contributed by atoms with Gasteiger partial charge in [-0.25, -0.2) is 0 Å². The number of aryl methyl sites for hydroxylation is 1. The number of allylic oxidation sites excluding steroid dienone is 1. The summed E-state index contributed by atoms with van der Waals surface area (Å²) in [6.45, 7) is 4.05. The Kier molecular flexibility index (Phi) is 3.63. The summed E-state index contributed by atoms with van der Waals surface area (Å²) in [5.41, 5.74) is 11.1. The van der Waals surface area contributed by atoms with Crippen molar-refractivity contribution in [2.75, 3.05) is 0 Å². The molecule has 1 heterocycles. The van der Waals surface area contributed by atoms with Gasteiger partial charge in [-0.2, -0.15) is 5.26 Å². The molecule has 2 N–H and O–H groups in total. The van der Waals surface area contributed by atoms with Gasteiger partial charge in [-0.3, -0.25) is 4.98 Å². The van der Waals surface area contributed by atoms with Crippen LogP contribution in [0.2, 0.25) is 0 Å². The molecule has 3 heteroatoms. The Morgan fingerprint density at radius 3 is 2.47 bits per heavy atom. The topological polar surface area (TPSA) is 62.7 Å². The molecule has 0 fully saturated rings. The molecular weight excluding hydrogens is 234 g/mol. The van der Waals surface area contributed by atoms with Crippen LogP contribution in [-0.2, 0) is 0 Å². The summed E-state index contributed by atoms with van der Waals surface area (Å²) in [6, 6.07) is 11.7. The number of aromatic nitrogens is 1. The number of pyridine rings is 1. The highest BCUT2D eigenvalue weighted by molar-refractivity contribution is 5.96. The Balaban J connectivity index is 2.63. The molecule has 0 aliphatic rings. The molecular formula is C16H15N3. The van der Waals surface area contributed by atoms with E-state index in [9.17, 15) is 5.26 Å². The molecule has 19 heavy (non-hydrogen) atoms. The van der Waals surface area contributed by atoms with Crippen molar-refractivity contribution in [2.45, 2.75) is 13.8 Å². The fourth-order valence-corrected chi connectivity index (χ4v) is 1.98. The van der Waals surface area contributed by atoms with Crippen molar-refractivity contribution < 1.29 is 0 Å². The zero-order valence-electron chi connectivity index (χ0n) is 11.0. The minimum atomic E-state index is 0.483. The predicted octanol–water partition coefficient (Wildman–Crippen LogP) is 3.05. The quantitative estimate of drug-likeness (QED) is 0.832. The summed E-state index contributed by atoms with van der Waals surface area (Å²) < 4.78 is 0. The lowest BCUT2D eigenvalue weighted by molar-refractivity contribution is 1.30. The first-order chi connectivity index (χ1) is 9.15. The van der Waals surface area contributed by atoms with Crippen molar-refractivity contribution in [3.63, 3.8) is 0 Å². The van der Waals surface area contributed by atoms with E-state index < -0.39 is 0 Å². The van der Waals surface area contributed by atoms with Crippen molar-refractivity contribution in [3.05, 3.63) is 65.0 Å². The van der Waals surface area contributed by atoms with E-state index in [2.05, 4.69) is 11.1 Å². The lowest BCUT2D eigenvalue weighted by atomic mass is 9.96. The second-order valence-corrected chi connectivity index (χ2v) is 4.38. The molecule has 1 aromatic heterocycles. The molecule has 2 rings (SSSR count). The number of rotatable bonds is 2. The van der Waals surface area contributed by atoms with E-state index in [0.29, 0.717) is 11.3 Å². The molecule has 3 nitrogen and oxygen atoms in total. The monoisotopic (exact) mass is 249 g/mol. The molecule has 0 atom stereocenters. The van der Waals surface area contributed by atoms with Crippen molar-refractivity contribution >= 4 is 11.3 Å². The van der Waals surface area contributed by atoms with Crippen LogP contribution in [0.25, 0.3) is 11.3 Å². The van der Waals surface area contributed by atoms with Crippen LogP contribution in [0, 0.1) is 25.2 Å². The lowest BCUT2D eigenvalue weighted by Gasteiger charge is -2.11. The number of nitrogens with two attached hydrogens (primary N) is 1. The van der Waals surface area contributed by atoms with Crippen LogP contribution in [0.15, 0.2) is 42.7 Å². The number of hydrogen-bond donors (Lipinski definition) is 1. The molecule has 0 unspecified atom stereocenters. The first-order valence-corrected chi connectivity index (χ1v) is 6.02. The highest BCUT2D eigenvalue weighted by Crippen LogP contribution is 2.25. The van der Waals surface area contributed by atoms with Gasteiger partial charge < -0.3 is 5.73 Å². The second kappa shape index (κ2) is 5.36. The number of hydrogen-bond acceptors (Lipinski definition) is 3. The van der Waals surface area contributed by atoms with Crippen LogP contribution < -0.4 is 5.73 Å². The molecule has 0 saturated carbocycles. The van der Waals surface area contributed by atoms with E-state index in [1.54, 1.807) is 24.5 Å². The maximum atomic E-state index is 9.36. The number of nitriles is 1. The van der Waals surface area contributed by atoms with Gasteiger partial charge in [-0.15, -0.1) is 0 Å². The lowest BCUT2D eigenvalue weighted by Crippen LogP contribution is -2.03. The van der Waals surface area contributed by atoms with Gasteiger partial charge in [0.1, 0.15) is 6.07 Å². The minimum absolute atomic E-state index is 0.483. The molecule has 94 valence electrons. The summed E-state index contributed by atoms with van der Waals surface area (Å²) in [6.07, 6.45) is 3.31. The third-order valence-electron chi connectivity index (χ3n) is 3.24. The van der Waals surface area contributed by atoms with Gasteiger partial charge in [0.15, 0.2) is 0 Å². The average Bonchev–Trinajstić information content (AvgIpc) is 2.44. The Hall–Kier alpha value is -2.60. The third-order valence-corrected chi connectivity index (χ3v) is 3.24. The Morgan fingerprint density at radius 2 is 1.84 bits per heavy atom. The van der Waals surface area contributed by atoms with E-state index in [1.165, 1.54) is 0 Å². The number of nitrogens with zero attached hydrogens (tertiary/aromatic N) is 2. The molecule has 0 aliphatic heterocycles. The van der Waals surface area contributed by atoms with Gasteiger partial charge >= 0.3 is 0 Å². The molecule has 1 aromatic carbocycles. The van der Waals surface area contributed by atoms with Crippen LogP contribution in [-0.4, -0.2) is 4.98 Å². The molecule has 0 saturated heterocycles. The first-order valence-electron chi connectivity index (χ1n) is 6.02. The number of benzene rings is 1. The van der Waals surface area contributed by atoms with E-state index >= 15 is 0 Å². The average molecular weight is 249 g/mol. The normalized spacial score (nSPS) is 11.6. The largest absolute Gasteiger partial charge is 0.397 e. The zero-order valence-corrected chi connectivity index (χ0v) is 11.0. The maximum absolute atomic E-state index is 9.36. The van der Waals surface area contributed by atoms with Gasteiger partial charge in [0.05, 0.1) is 11.3 Å². The molecule has 0 amide bonds. The standard InChI is InChI=1S/C16H15N3/c1-11-4-3-5-14(12(11)2)16(18)15(10-17)13-6-8-19-9-7-13/h3-9H,18H2,1-2H3/b16-15+. The van der Waals surface area contributed by atoms with Gasteiger partial charge in [0.2, 0.25) is 0 Å². The zero-order chi connectivity index (χ0) is 13.8. The van der Waals surface area contributed by atoms with E-state index in [0.717, 1.165) is 22.3 Å². The van der Waals surface area contributed by atoms with Crippen LogP contribution >= 0.6 is 0 Å². The molecule has 0 aliphatic carbocycles. The molecule has 0 spiro atoms. The Morgan fingerprint density at radius 1 is 1.16 bits per heavy atom. The second-order valence-electron chi connectivity index (χ2n) is 4.38. The fraction of sp³-hybridized carbons (Fsp3) is 0.125. The SMILES string of the molecule is Cc1cccc(/C(N)=C(/C#N)c2ccncc2)c1C. The third kappa shape index (κ3) is 2.48. The maximum Gasteiger partial charge on any atom is 0.102 e. The molecule has 0 bridgehead atoms. The minimum Gasteiger partial charge on any atom is -0.397 e. The van der Waals surface area contributed by atoms with Crippen LogP contribution in [0.4, 0.5) is 0 Å². The van der Waals surface area contributed by atoms with Crippen molar-refractivity contribution in [2.24, 2.45) is 5.73 Å². The smallest absolute Gasteiger partial charge is 0.102 e. The van der Waals surface area contributed by atoms with Crippen LogP contribution in [0.5, 0.6) is 0 Å². The summed E-state index contributed by atoms with van der Waals surface area (Å²) in [5.74, 6) is 0. The summed E-state index contributed by atoms with van der Waals surface area (Å²) in [7, 11) is 0. The van der Waals surface area contributed by atoms with Gasteiger partial charge in [0, 0.05) is 18.0 Å². The highest BCUT2D eigenvalue weighted by Gasteiger charge is 2.11. The highest BCUT2D eigenvalue weighted by atomic mass is 14.6. The van der Waals surface area contributed by atoms with Crippen molar-refractivity contribution in [3.8, 4) is 6.07 Å².